The van der Waals surface area contributed by atoms with Crippen LogP contribution < -0.4 is 14.8 Å². The van der Waals surface area contributed by atoms with Gasteiger partial charge in [-0.05, 0) is 71.3 Å². The van der Waals surface area contributed by atoms with E-state index in [9.17, 15) is 23.2 Å². The van der Waals surface area contributed by atoms with Crippen LogP contribution in [-0.2, 0) is 4.79 Å². The lowest BCUT2D eigenvalue weighted by Gasteiger charge is -2.13. The van der Waals surface area contributed by atoms with Gasteiger partial charge in [-0.25, -0.2) is 0 Å². The summed E-state index contributed by atoms with van der Waals surface area (Å²) in [6.07, 6.45) is 3.66. The first kappa shape index (κ1) is 23.2. The normalized spacial score (nSPS) is 17.2. The number of hydrogen-bond donors (Lipinski definition) is 1. The molecular weight excluding hydrogens is 474 g/mol. The fourth-order valence-electron chi connectivity index (χ4n) is 3.39. The molecule has 1 saturated carbocycles. The number of thioether (sulfide) groups is 1. The summed E-state index contributed by atoms with van der Waals surface area (Å²) < 4.78 is 34.4. The van der Waals surface area contributed by atoms with Crippen LogP contribution in [0.3, 0.4) is 0 Å². The summed E-state index contributed by atoms with van der Waals surface area (Å²) in [5, 5.41) is 4.23. The third-order valence-corrected chi connectivity index (χ3v) is 6.95. The Bertz CT molecular complexity index is 1110. The predicted molar refractivity (Wildman–Crippen MR) is 121 cm³/mol. The second kappa shape index (κ2) is 9.92. The number of thiophene rings is 1. The summed E-state index contributed by atoms with van der Waals surface area (Å²) in [5.41, 5.74) is 1.55. The zero-order valence-electron chi connectivity index (χ0n) is 17.5. The van der Waals surface area contributed by atoms with Gasteiger partial charge in [0.1, 0.15) is 0 Å². The minimum Gasteiger partial charge on any atom is -0.493 e. The van der Waals surface area contributed by atoms with Crippen LogP contribution in [0.5, 0.6) is 11.5 Å². The van der Waals surface area contributed by atoms with Crippen LogP contribution in [-0.4, -0.2) is 48.8 Å². The maximum absolute atomic E-state index is 12.7. The molecule has 4 rings (SSSR count). The van der Waals surface area contributed by atoms with Gasteiger partial charge in [-0.15, -0.1) is 11.3 Å². The fraction of sp³-hybridized carbons (Fsp3) is 0.318. The topological polar surface area (TPSA) is 84.9 Å². The van der Waals surface area contributed by atoms with E-state index in [4.69, 9.17) is 4.74 Å². The molecule has 1 saturated heterocycles. The Morgan fingerprint density at radius 1 is 1.27 bits per heavy atom. The van der Waals surface area contributed by atoms with Crippen molar-refractivity contribution < 1.29 is 32.6 Å². The lowest BCUT2D eigenvalue weighted by atomic mass is 10.1. The van der Waals surface area contributed by atoms with Crippen molar-refractivity contribution >= 4 is 46.2 Å². The van der Waals surface area contributed by atoms with Crippen LogP contribution in [0, 0.1) is 0 Å². The smallest absolute Gasteiger partial charge is 0.387 e. The van der Waals surface area contributed by atoms with Gasteiger partial charge in [-0.1, -0.05) is 6.07 Å². The number of methoxy groups -OCH3 is 1. The van der Waals surface area contributed by atoms with Crippen LogP contribution in [0.4, 0.5) is 13.6 Å². The number of benzene rings is 1. The van der Waals surface area contributed by atoms with Crippen LogP contribution >= 0.6 is 23.1 Å². The molecule has 0 atom stereocenters. The van der Waals surface area contributed by atoms with E-state index in [1.807, 2.05) is 11.4 Å². The lowest BCUT2D eigenvalue weighted by Crippen LogP contribution is -2.37. The molecule has 1 aromatic heterocycles. The molecule has 0 bridgehead atoms. The molecule has 1 N–H and O–H groups in total. The van der Waals surface area contributed by atoms with E-state index in [1.54, 1.807) is 0 Å². The summed E-state index contributed by atoms with van der Waals surface area (Å²) in [7, 11) is 1.31. The molecule has 3 amide bonds. The molecule has 174 valence electrons. The number of nitrogens with zero attached hydrogens (tertiary/aromatic N) is 1. The van der Waals surface area contributed by atoms with Gasteiger partial charge in [0.15, 0.2) is 11.5 Å². The average Bonchev–Trinajstić information content (AvgIpc) is 3.45. The monoisotopic (exact) mass is 494 g/mol. The number of amides is 3. The first-order valence-electron chi connectivity index (χ1n) is 10.1. The number of hydrogen-bond acceptors (Lipinski definition) is 7. The molecule has 2 heterocycles. The number of ether oxygens (including phenoxy) is 2. The molecule has 11 heteroatoms. The number of alkyl halides is 2. The zero-order valence-corrected chi connectivity index (χ0v) is 19.1. The average molecular weight is 495 g/mol. The van der Waals surface area contributed by atoms with E-state index in [0.29, 0.717) is 16.4 Å². The molecule has 0 spiro atoms. The molecular formula is C22H20F2N2O5S2. The van der Waals surface area contributed by atoms with Crippen molar-refractivity contribution in [3.8, 4) is 11.5 Å². The number of carbonyl (C=O) groups excluding carboxylic acids is 3. The minimum atomic E-state index is -3.00. The van der Waals surface area contributed by atoms with Gasteiger partial charge in [0.25, 0.3) is 17.1 Å². The third kappa shape index (κ3) is 5.36. The molecule has 1 aromatic carbocycles. The van der Waals surface area contributed by atoms with Crippen molar-refractivity contribution in [3.05, 3.63) is 50.6 Å². The van der Waals surface area contributed by atoms with E-state index in [0.717, 1.165) is 35.1 Å². The first-order valence-corrected chi connectivity index (χ1v) is 11.8. The lowest BCUT2D eigenvalue weighted by molar-refractivity contribution is -0.122. The Balaban J connectivity index is 1.37. The molecule has 2 aliphatic rings. The van der Waals surface area contributed by atoms with Gasteiger partial charge in [-0.2, -0.15) is 8.78 Å². The summed E-state index contributed by atoms with van der Waals surface area (Å²) in [6.45, 7) is -2.82. The number of nitrogens with one attached hydrogen (secondary N) is 1. The highest BCUT2D eigenvalue weighted by Crippen LogP contribution is 2.43. The highest BCUT2D eigenvalue weighted by Gasteiger charge is 2.35. The Morgan fingerprint density at radius 3 is 2.76 bits per heavy atom. The van der Waals surface area contributed by atoms with Crippen molar-refractivity contribution in [2.24, 2.45) is 0 Å². The van der Waals surface area contributed by atoms with E-state index in [1.165, 1.54) is 42.7 Å². The van der Waals surface area contributed by atoms with Crippen molar-refractivity contribution in [1.82, 2.24) is 10.2 Å². The van der Waals surface area contributed by atoms with E-state index in [-0.39, 0.29) is 35.4 Å². The number of halogens is 2. The molecule has 1 aliphatic carbocycles. The number of imide groups is 1. The van der Waals surface area contributed by atoms with Crippen LogP contribution in [0.2, 0.25) is 0 Å². The second-order valence-electron chi connectivity index (χ2n) is 7.36. The quantitative estimate of drug-likeness (QED) is 0.509. The Hall–Kier alpha value is -2.92. The summed E-state index contributed by atoms with van der Waals surface area (Å²) in [5.74, 6) is -0.291. The molecule has 7 nitrogen and oxygen atoms in total. The molecule has 0 unspecified atom stereocenters. The van der Waals surface area contributed by atoms with E-state index >= 15 is 0 Å². The standard InChI is InChI=1S/C22H20F2N2O5S2/c1-30-16-10-12(2-5-15(16)31-21(23)24)11-17-20(28)26(22(29)33-17)8-7-25-19(27)18-14(6-9-32-18)13-3-4-13/h2,5-6,9-11,13,21H,3-4,7-8H2,1H3,(H,25,27)/b17-11-. The maximum atomic E-state index is 12.7. The first-order chi connectivity index (χ1) is 15.9. The highest BCUT2D eigenvalue weighted by molar-refractivity contribution is 8.18. The van der Waals surface area contributed by atoms with E-state index in [2.05, 4.69) is 10.1 Å². The second-order valence-corrected chi connectivity index (χ2v) is 9.27. The molecule has 1 aliphatic heterocycles. The van der Waals surface area contributed by atoms with Gasteiger partial charge in [-0.3, -0.25) is 19.3 Å². The number of carbonyl (C=O) groups is 3. The minimum absolute atomic E-state index is 0.0440. The number of rotatable bonds is 9. The van der Waals surface area contributed by atoms with Crippen LogP contribution in [0.15, 0.2) is 34.6 Å². The van der Waals surface area contributed by atoms with Crippen molar-refractivity contribution in [3.63, 3.8) is 0 Å². The Kier molecular flexibility index (Phi) is 6.99. The van der Waals surface area contributed by atoms with E-state index < -0.39 is 17.8 Å². The molecule has 33 heavy (non-hydrogen) atoms. The van der Waals surface area contributed by atoms with Crippen molar-refractivity contribution in [2.75, 3.05) is 20.2 Å². The summed E-state index contributed by atoms with van der Waals surface area (Å²) in [6, 6.07) is 6.19. The fourth-order valence-corrected chi connectivity index (χ4v) is 5.16. The SMILES string of the molecule is COc1cc(/C=C2\SC(=O)N(CCNC(=O)c3sccc3C3CC3)C2=O)ccc1OC(F)F. The van der Waals surface area contributed by atoms with Crippen molar-refractivity contribution in [2.45, 2.75) is 25.4 Å². The van der Waals surface area contributed by atoms with Gasteiger partial charge < -0.3 is 14.8 Å². The van der Waals surface area contributed by atoms with Gasteiger partial charge >= 0.3 is 6.61 Å². The summed E-state index contributed by atoms with van der Waals surface area (Å²) >= 11 is 2.16. The largest absolute Gasteiger partial charge is 0.493 e. The highest BCUT2D eigenvalue weighted by atomic mass is 32.2. The van der Waals surface area contributed by atoms with Crippen molar-refractivity contribution in [1.29, 1.82) is 0 Å². The van der Waals surface area contributed by atoms with Gasteiger partial charge in [0, 0.05) is 13.1 Å². The van der Waals surface area contributed by atoms with Crippen LogP contribution in [0.25, 0.3) is 6.08 Å². The summed E-state index contributed by atoms with van der Waals surface area (Å²) in [4.78, 5) is 39.4. The predicted octanol–water partition coefficient (Wildman–Crippen LogP) is 4.70. The molecule has 2 aromatic rings. The molecule has 0 radical (unpaired) electrons. The Labute approximate surface area is 196 Å². The maximum Gasteiger partial charge on any atom is 0.387 e. The van der Waals surface area contributed by atoms with Gasteiger partial charge in [0.2, 0.25) is 0 Å². The third-order valence-electron chi connectivity index (χ3n) is 5.12. The Morgan fingerprint density at radius 2 is 2.06 bits per heavy atom. The van der Waals surface area contributed by atoms with Crippen LogP contribution in [0.1, 0.15) is 39.6 Å². The zero-order chi connectivity index (χ0) is 23.5. The van der Waals surface area contributed by atoms with Gasteiger partial charge in [0.05, 0.1) is 16.9 Å². The molecule has 2 fully saturated rings.